The molecule has 1 aliphatic heterocycles. The van der Waals surface area contributed by atoms with Gasteiger partial charge in [0.2, 0.25) is 0 Å². The minimum absolute atomic E-state index is 0.141. The van der Waals surface area contributed by atoms with Crippen LogP contribution in [0.25, 0.3) is 5.03 Å². The van der Waals surface area contributed by atoms with E-state index in [9.17, 15) is 0 Å². The molecular weight excluding hydrogens is 274 g/mol. The van der Waals surface area contributed by atoms with Crippen molar-refractivity contribution in [1.82, 2.24) is 5.43 Å². The van der Waals surface area contributed by atoms with Gasteiger partial charge in [-0.1, -0.05) is 29.8 Å². The molecule has 0 unspecified atom stereocenters. The Kier molecular flexibility index (Phi) is 4.04. The fraction of sp³-hybridized carbons (Fsp3) is 0.0909. The first-order valence-electron chi connectivity index (χ1n) is 4.88. The largest absolute Gasteiger partial charge is 0.375 e. The quantitative estimate of drug-likeness (QED) is 0.498. The smallest absolute Gasteiger partial charge is 0.184 e. The van der Waals surface area contributed by atoms with Crippen LogP contribution in [-0.2, 0) is 0 Å². The Morgan fingerprint density at radius 1 is 1.53 bits per heavy atom. The molecule has 3 N–H and O–H groups in total. The maximum atomic E-state index is 6.31. The lowest BCUT2D eigenvalue weighted by atomic mass is 10.1. The predicted octanol–water partition coefficient (Wildman–Crippen LogP) is 2.56. The highest BCUT2D eigenvalue weighted by molar-refractivity contribution is 7.99. The van der Waals surface area contributed by atoms with Crippen LogP contribution in [0.15, 0.2) is 39.8 Å². The van der Waals surface area contributed by atoms with Gasteiger partial charge in [0.05, 0.1) is 11.2 Å². The number of halogens is 1. The molecule has 0 spiro atoms. The summed E-state index contributed by atoms with van der Waals surface area (Å²) < 4.78 is 0. The van der Waals surface area contributed by atoms with Gasteiger partial charge in [-0.25, -0.2) is 0 Å². The molecule has 1 heterocycles. The van der Waals surface area contributed by atoms with E-state index >= 15 is 0 Å². The second kappa shape index (κ2) is 5.53. The number of hydrogen-bond acceptors (Lipinski definition) is 3. The van der Waals surface area contributed by atoms with Gasteiger partial charge in [0.1, 0.15) is 0 Å². The molecule has 0 aliphatic carbocycles. The van der Waals surface area contributed by atoms with E-state index in [4.69, 9.17) is 17.3 Å². The predicted molar refractivity (Wildman–Crippen MR) is 78.4 cm³/mol. The van der Waals surface area contributed by atoms with Crippen molar-refractivity contribution in [3.05, 3.63) is 35.4 Å². The van der Waals surface area contributed by atoms with Crippen molar-refractivity contribution in [2.45, 2.75) is 4.90 Å². The molecule has 0 amide bonds. The maximum absolute atomic E-state index is 6.31. The van der Waals surface area contributed by atoms with Gasteiger partial charge >= 0.3 is 0 Å². The first kappa shape index (κ1) is 12.4. The molecule has 0 saturated heterocycles. The van der Waals surface area contributed by atoms with Crippen molar-refractivity contribution < 1.29 is 0 Å². The molecule has 6 heteroatoms. The van der Waals surface area contributed by atoms with Crippen LogP contribution < -0.4 is 11.2 Å². The van der Waals surface area contributed by atoms with Crippen LogP contribution in [0.2, 0.25) is 0 Å². The fourth-order valence-corrected chi connectivity index (χ4v) is 2.93. The number of benzene rings is 1. The highest BCUT2D eigenvalue weighted by Gasteiger charge is 2.16. The Morgan fingerprint density at radius 3 is 3.06 bits per heavy atom. The number of thioether (sulfide) groups is 1. The summed E-state index contributed by atoms with van der Waals surface area (Å²) in [4.78, 5) is 1.19. The molecular formula is C11H10ClN3S2. The first-order valence-corrected chi connectivity index (χ1v) is 6.65. The van der Waals surface area contributed by atoms with Crippen LogP contribution in [0.1, 0.15) is 5.56 Å². The van der Waals surface area contributed by atoms with E-state index in [2.05, 4.69) is 28.8 Å². The summed E-state index contributed by atoms with van der Waals surface area (Å²) in [5, 5.41) is 4.79. The normalized spacial score (nSPS) is 14.9. The molecule has 0 aromatic heterocycles. The third-order valence-electron chi connectivity index (χ3n) is 2.18. The van der Waals surface area contributed by atoms with Gasteiger partial charge in [-0.05, 0) is 18.3 Å². The molecule has 88 valence electrons. The number of thiocarbonyl (C=S) groups is 1. The Labute approximate surface area is 114 Å². The summed E-state index contributed by atoms with van der Waals surface area (Å²) >= 11 is 12.7. The summed E-state index contributed by atoms with van der Waals surface area (Å²) in [5.41, 5.74) is 9.79. The average molecular weight is 284 g/mol. The second-order valence-corrected chi connectivity index (χ2v) is 5.19. The molecule has 1 aromatic carbocycles. The Hall–Kier alpha value is -1.04. The summed E-state index contributed by atoms with van der Waals surface area (Å²) in [5.74, 6) is 0.790. The Bertz CT molecular complexity index is 511. The lowest BCUT2D eigenvalue weighted by molar-refractivity contribution is 1.04. The van der Waals surface area contributed by atoms with Crippen LogP contribution in [0.4, 0.5) is 0 Å². The third kappa shape index (κ3) is 3.00. The molecule has 0 bridgehead atoms. The van der Waals surface area contributed by atoms with E-state index in [1.807, 2.05) is 18.2 Å². The van der Waals surface area contributed by atoms with Crippen molar-refractivity contribution in [2.24, 2.45) is 10.8 Å². The van der Waals surface area contributed by atoms with Gasteiger partial charge in [-0.15, -0.1) is 11.8 Å². The van der Waals surface area contributed by atoms with Crippen LogP contribution in [0, 0.1) is 0 Å². The van der Waals surface area contributed by atoms with Crippen molar-refractivity contribution in [1.29, 1.82) is 0 Å². The van der Waals surface area contributed by atoms with Crippen LogP contribution in [0.5, 0.6) is 0 Å². The zero-order chi connectivity index (χ0) is 12.3. The van der Waals surface area contributed by atoms with Gasteiger partial charge in [-0.2, -0.15) is 5.10 Å². The number of fused-ring (bicyclic) bond motifs is 1. The van der Waals surface area contributed by atoms with E-state index in [0.717, 1.165) is 21.9 Å². The lowest BCUT2D eigenvalue weighted by Gasteiger charge is -2.16. The summed E-state index contributed by atoms with van der Waals surface area (Å²) in [6, 6.07) is 8.03. The van der Waals surface area contributed by atoms with Crippen molar-refractivity contribution >= 4 is 51.9 Å². The number of nitrogens with one attached hydrogen (secondary N) is 1. The average Bonchev–Trinajstić information content (AvgIpc) is 2.32. The number of nitrogens with zero attached hydrogens (tertiary/aromatic N) is 1. The van der Waals surface area contributed by atoms with Crippen molar-refractivity contribution in [3.63, 3.8) is 0 Å². The number of hydrazone groups is 1. The maximum Gasteiger partial charge on any atom is 0.184 e. The third-order valence-corrected chi connectivity index (χ3v) is 3.84. The van der Waals surface area contributed by atoms with Gasteiger partial charge in [0, 0.05) is 21.8 Å². The standard InChI is InChI=1S/C11H10ClN3S2/c12-10-7(5-14-15-11(13)16)6-17-9-4-2-1-3-8(9)10/h1-5H,6H2,(H3,13,15,16). The summed E-state index contributed by atoms with van der Waals surface area (Å²) in [6.07, 6.45) is 1.66. The van der Waals surface area contributed by atoms with Crippen LogP contribution in [-0.4, -0.2) is 17.1 Å². The molecule has 1 aliphatic rings. The van der Waals surface area contributed by atoms with E-state index in [0.29, 0.717) is 0 Å². The first-order chi connectivity index (χ1) is 8.18. The molecule has 0 fully saturated rings. The van der Waals surface area contributed by atoms with E-state index in [-0.39, 0.29) is 5.11 Å². The van der Waals surface area contributed by atoms with Crippen molar-refractivity contribution in [3.8, 4) is 0 Å². The van der Waals surface area contributed by atoms with Gasteiger partial charge in [0.15, 0.2) is 5.11 Å². The molecule has 1 aromatic rings. The van der Waals surface area contributed by atoms with E-state index in [1.54, 1.807) is 18.0 Å². The minimum atomic E-state index is 0.141. The van der Waals surface area contributed by atoms with E-state index < -0.39 is 0 Å². The number of nitrogens with two attached hydrogens (primary N) is 1. The van der Waals surface area contributed by atoms with Gasteiger partial charge in [-0.3, -0.25) is 5.43 Å². The highest BCUT2D eigenvalue weighted by Crippen LogP contribution is 2.38. The molecule has 2 rings (SSSR count). The summed E-state index contributed by atoms with van der Waals surface area (Å²) in [6.45, 7) is 0. The fourth-order valence-electron chi connectivity index (χ4n) is 1.43. The van der Waals surface area contributed by atoms with Crippen molar-refractivity contribution in [2.75, 3.05) is 5.75 Å². The van der Waals surface area contributed by atoms with Gasteiger partial charge in [0.25, 0.3) is 0 Å². The lowest BCUT2D eigenvalue weighted by Crippen LogP contribution is -2.24. The van der Waals surface area contributed by atoms with Crippen LogP contribution in [0.3, 0.4) is 0 Å². The molecule has 17 heavy (non-hydrogen) atoms. The molecule has 0 saturated carbocycles. The van der Waals surface area contributed by atoms with Gasteiger partial charge < -0.3 is 5.73 Å². The minimum Gasteiger partial charge on any atom is -0.375 e. The Morgan fingerprint density at radius 2 is 2.29 bits per heavy atom. The van der Waals surface area contributed by atoms with E-state index in [1.165, 1.54) is 4.90 Å². The molecule has 0 radical (unpaired) electrons. The second-order valence-electron chi connectivity index (χ2n) is 3.36. The van der Waals surface area contributed by atoms with Crippen LogP contribution >= 0.6 is 35.6 Å². The molecule has 3 nitrogen and oxygen atoms in total. The number of hydrogen-bond donors (Lipinski definition) is 2. The summed E-state index contributed by atoms with van der Waals surface area (Å²) in [7, 11) is 0. The number of rotatable bonds is 2. The monoisotopic (exact) mass is 283 g/mol. The zero-order valence-electron chi connectivity index (χ0n) is 8.81. The highest BCUT2D eigenvalue weighted by atomic mass is 35.5. The molecule has 0 atom stereocenters. The topological polar surface area (TPSA) is 50.4 Å². The SMILES string of the molecule is NC(=S)NN=CC1=C(Cl)c2ccccc2SC1. The zero-order valence-corrected chi connectivity index (χ0v) is 11.2. The Balaban J connectivity index is 2.25.